The molecule has 0 radical (unpaired) electrons. The number of aromatic nitrogens is 4. The van der Waals surface area contributed by atoms with Crippen LogP contribution in [-0.4, -0.2) is 38.6 Å². The van der Waals surface area contributed by atoms with Gasteiger partial charge in [-0.05, 0) is 43.7 Å². The lowest BCUT2D eigenvalue weighted by atomic mass is 10.0. The van der Waals surface area contributed by atoms with Gasteiger partial charge in [-0.25, -0.2) is 15.0 Å². The molecule has 0 unspecified atom stereocenters. The minimum Gasteiger partial charge on any atom is -0.494 e. The highest BCUT2D eigenvalue weighted by molar-refractivity contribution is 5.98. The second kappa shape index (κ2) is 10.8. The van der Waals surface area contributed by atoms with Crippen molar-refractivity contribution in [2.75, 3.05) is 13.2 Å². The number of amides is 1. The number of benzene rings is 3. The van der Waals surface area contributed by atoms with Crippen LogP contribution in [0.5, 0.6) is 5.75 Å². The molecule has 180 valence electrons. The van der Waals surface area contributed by atoms with E-state index in [-0.39, 0.29) is 5.91 Å². The normalized spacial score (nSPS) is 10.9. The highest BCUT2D eigenvalue weighted by Crippen LogP contribution is 2.32. The van der Waals surface area contributed by atoms with E-state index in [1.165, 1.54) is 0 Å². The molecule has 7 heteroatoms. The minimum absolute atomic E-state index is 0.126. The third-order valence-corrected chi connectivity index (χ3v) is 5.83. The maximum absolute atomic E-state index is 12.8. The van der Waals surface area contributed by atoms with Crippen LogP contribution in [0, 0.1) is 0 Å². The van der Waals surface area contributed by atoms with E-state index in [1.54, 1.807) is 24.7 Å². The Kier molecular flexibility index (Phi) is 6.98. The standard InChI is InChI=1S/C29H27N5O2/c1-2-36-24-11-6-10-22(18-24)28-27(21-8-4-3-5-9-21)33-26-19-23(12-13-25(26)32-28)29(35)31-14-7-16-34-17-15-30-20-34/h3-6,8-13,15,17-20H,2,7,14,16H2,1H3,(H,31,35). The van der Waals surface area contributed by atoms with Gasteiger partial charge in [0.1, 0.15) is 5.75 Å². The van der Waals surface area contributed by atoms with E-state index in [9.17, 15) is 4.79 Å². The highest BCUT2D eigenvalue weighted by Gasteiger charge is 2.15. The Hall–Kier alpha value is -4.52. The van der Waals surface area contributed by atoms with Gasteiger partial charge in [-0.1, -0.05) is 42.5 Å². The Morgan fingerprint density at radius 1 is 0.917 bits per heavy atom. The summed E-state index contributed by atoms with van der Waals surface area (Å²) in [5.74, 6) is 0.662. The van der Waals surface area contributed by atoms with Crippen molar-refractivity contribution in [2.45, 2.75) is 19.9 Å². The molecule has 0 aliphatic carbocycles. The second-order valence-electron chi connectivity index (χ2n) is 8.36. The number of hydrogen-bond acceptors (Lipinski definition) is 5. The summed E-state index contributed by atoms with van der Waals surface area (Å²) in [6, 6.07) is 23.3. The van der Waals surface area contributed by atoms with Crippen molar-refractivity contribution in [3.63, 3.8) is 0 Å². The minimum atomic E-state index is -0.126. The summed E-state index contributed by atoms with van der Waals surface area (Å²) >= 11 is 0. The molecule has 0 fully saturated rings. The molecule has 0 bridgehead atoms. The third-order valence-electron chi connectivity index (χ3n) is 5.83. The van der Waals surface area contributed by atoms with Gasteiger partial charge in [-0.2, -0.15) is 0 Å². The zero-order valence-corrected chi connectivity index (χ0v) is 20.1. The first-order valence-electron chi connectivity index (χ1n) is 12.1. The van der Waals surface area contributed by atoms with Gasteiger partial charge in [0.2, 0.25) is 0 Å². The average molecular weight is 478 g/mol. The van der Waals surface area contributed by atoms with Gasteiger partial charge in [0.15, 0.2) is 0 Å². The van der Waals surface area contributed by atoms with Gasteiger partial charge < -0.3 is 14.6 Å². The fourth-order valence-corrected chi connectivity index (χ4v) is 4.08. The summed E-state index contributed by atoms with van der Waals surface area (Å²) in [6.07, 6.45) is 6.25. The number of nitrogens with one attached hydrogen (secondary N) is 1. The molecule has 2 aromatic heterocycles. The van der Waals surface area contributed by atoms with Crippen LogP contribution in [0.15, 0.2) is 91.5 Å². The largest absolute Gasteiger partial charge is 0.494 e. The number of carbonyl (C=O) groups excluding carboxylic acids is 1. The number of hydrogen-bond donors (Lipinski definition) is 1. The van der Waals surface area contributed by atoms with Crippen LogP contribution in [0.2, 0.25) is 0 Å². The van der Waals surface area contributed by atoms with Crippen LogP contribution in [0.1, 0.15) is 23.7 Å². The van der Waals surface area contributed by atoms with Crippen molar-refractivity contribution in [3.05, 3.63) is 97.1 Å². The third kappa shape index (κ3) is 5.25. The lowest BCUT2D eigenvalue weighted by Crippen LogP contribution is -2.25. The van der Waals surface area contributed by atoms with Gasteiger partial charge in [0.25, 0.3) is 5.91 Å². The maximum Gasteiger partial charge on any atom is 0.251 e. The van der Waals surface area contributed by atoms with E-state index in [0.717, 1.165) is 46.7 Å². The number of rotatable bonds is 9. The quantitative estimate of drug-likeness (QED) is 0.288. The van der Waals surface area contributed by atoms with Crippen molar-refractivity contribution in [1.82, 2.24) is 24.8 Å². The smallest absolute Gasteiger partial charge is 0.251 e. The van der Waals surface area contributed by atoms with E-state index in [4.69, 9.17) is 14.7 Å². The first-order valence-corrected chi connectivity index (χ1v) is 12.1. The molecule has 0 aliphatic rings. The molecule has 0 spiro atoms. The zero-order valence-electron chi connectivity index (χ0n) is 20.1. The van der Waals surface area contributed by atoms with E-state index < -0.39 is 0 Å². The summed E-state index contributed by atoms with van der Waals surface area (Å²) in [6.45, 7) is 3.93. The molecule has 0 atom stereocenters. The van der Waals surface area contributed by atoms with Crippen molar-refractivity contribution >= 4 is 16.9 Å². The number of ether oxygens (including phenoxy) is 1. The molecule has 0 saturated carbocycles. The summed E-state index contributed by atoms with van der Waals surface area (Å²) < 4.78 is 7.70. The van der Waals surface area contributed by atoms with Crippen LogP contribution in [0.25, 0.3) is 33.5 Å². The Bertz CT molecular complexity index is 1470. The van der Waals surface area contributed by atoms with Gasteiger partial charge in [-0.3, -0.25) is 4.79 Å². The monoisotopic (exact) mass is 477 g/mol. The first-order chi connectivity index (χ1) is 17.7. The average Bonchev–Trinajstić information content (AvgIpc) is 3.44. The van der Waals surface area contributed by atoms with E-state index >= 15 is 0 Å². The van der Waals surface area contributed by atoms with Crippen LogP contribution in [-0.2, 0) is 6.54 Å². The van der Waals surface area contributed by atoms with Crippen molar-refractivity contribution in [1.29, 1.82) is 0 Å². The number of carbonyl (C=O) groups is 1. The number of nitrogens with zero attached hydrogens (tertiary/aromatic N) is 4. The van der Waals surface area contributed by atoms with Crippen molar-refractivity contribution < 1.29 is 9.53 Å². The Balaban J connectivity index is 1.45. The molecule has 2 heterocycles. The van der Waals surface area contributed by atoms with E-state index in [1.807, 2.05) is 78.4 Å². The zero-order chi connectivity index (χ0) is 24.7. The van der Waals surface area contributed by atoms with E-state index in [0.29, 0.717) is 24.2 Å². The van der Waals surface area contributed by atoms with Gasteiger partial charge in [0.05, 0.1) is 35.4 Å². The number of imidazole rings is 1. The summed E-state index contributed by atoms with van der Waals surface area (Å²) in [4.78, 5) is 26.8. The van der Waals surface area contributed by atoms with Gasteiger partial charge >= 0.3 is 0 Å². The van der Waals surface area contributed by atoms with Crippen LogP contribution in [0.4, 0.5) is 0 Å². The molecule has 1 N–H and O–H groups in total. The topological polar surface area (TPSA) is 81.9 Å². The number of aryl methyl sites for hydroxylation is 1. The van der Waals surface area contributed by atoms with Crippen molar-refractivity contribution in [3.8, 4) is 28.3 Å². The van der Waals surface area contributed by atoms with Crippen molar-refractivity contribution in [2.24, 2.45) is 0 Å². The molecule has 3 aromatic carbocycles. The molecular weight excluding hydrogens is 450 g/mol. The maximum atomic E-state index is 12.8. The Morgan fingerprint density at radius 3 is 2.53 bits per heavy atom. The summed E-state index contributed by atoms with van der Waals surface area (Å²) in [5, 5.41) is 2.99. The Labute approximate surface area is 209 Å². The first kappa shape index (κ1) is 23.2. The van der Waals surface area contributed by atoms with Crippen LogP contribution in [0.3, 0.4) is 0 Å². The number of fused-ring (bicyclic) bond motifs is 1. The molecule has 5 aromatic rings. The Morgan fingerprint density at radius 2 is 1.72 bits per heavy atom. The fraction of sp³-hybridized carbons (Fsp3) is 0.172. The molecular formula is C29H27N5O2. The summed E-state index contributed by atoms with van der Waals surface area (Å²) in [7, 11) is 0. The molecule has 0 saturated heterocycles. The second-order valence-corrected chi connectivity index (χ2v) is 8.36. The molecule has 0 aliphatic heterocycles. The van der Waals surface area contributed by atoms with E-state index in [2.05, 4.69) is 10.3 Å². The predicted octanol–water partition coefficient (Wildman–Crippen LogP) is 5.38. The molecule has 1 amide bonds. The molecule has 7 nitrogen and oxygen atoms in total. The summed E-state index contributed by atoms with van der Waals surface area (Å²) in [5.41, 5.74) is 5.37. The van der Waals surface area contributed by atoms with Gasteiger partial charge in [-0.15, -0.1) is 0 Å². The predicted molar refractivity (Wildman–Crippen MR) is 141 cm³/mol. The lowest BCUT2D eigenvalue weighted by Gasteiger charge is -2.12. The molecule has 5 rings (SSSR count). The van der Waals surface area contributed by atoms with Crippen LogP contribution < -0.4 is 10.1 Å². The van der Waals surface area contributed by atoms with Crippen LogP contribution >= 0.6 is 0 Å². The SMILES string of the molecule is CCOc1cccc(-c2nc3ccc(C(=O)NCCCn4ccnc4)cc3nc2-c2ccccc2)c1. The highest BCUT2D eigenvalue weighted by atomic mass is 16.5. The van der Waals surface area contributed by atoms with Gasteiger partial charge in [0, 0.05) is 42.2 Å². The fourth-order valence-electron chi connectivity index (χ4n) is 4.08. The lowest BCUT2D eigenvalue weighted by molar-refractivity contribution is 0.0953. The molecule has 36 heavy (non-hydrogen) atoms.